The maximum absolute atomic E-state index is 14.4. The monoisotopic (exact) mass is 533 g/mol. The summed E-state index contributed by atoms with van der Waals surface area (Å²) in [5.41, 5.74) is 0.534. The number of thiophene rings is 1. The van der Waals surface area contributed by atoms with Gasteiger partial charge in [0.05, 0.1) is 39.5 Å². The molecule has 14 heteroatoms. The molecule has 2 aromatic heterocycles. The Hall–Kier alpha value is -2.29. The average Bonchev–Trinajstić information content (AvgIpc) is 3.47. The van der Waals surface area contributed by atoms with Gasteiger partial charge in [0.1, 0.15) is 6.17 Å². The topological polar surface area (TPSA) is 109 Å². The highest BCUT2D eigenvalue weighted by molar-refractivity contribution is 7.90. The number of piperidine rings is 1. The van der Waals surface area contributed by atoms with Crippen LogP contribution < -0.4 is 15.4 Å². The molecule has 8 nitrogen and oxygen atoms in total. The third kappa shape index (κ3) is 5.44. The maximum atomic E-state index is 14.4. The number of aromatic nitrogens is 2. The van der Waals surface area contributed by atoms with Crippen LogP contribution in [0.15, 0.2) is 22.7 Å². The first kappa shape index (κ1) is 24.4. The lowest BCUT2D eigenvalue weighted by atomic mass is 10.0. The molecule has 1 saturated carbocycles. The highest BCUT2D eigenvalue weighted by atomic mass is 32.2. The highest BCUT2D eigenvalue weighted by Gasteiger charge is 2.36. The Morgan fingerprint density at radius 3 is 2.74 bits per heavy atom. The first-order chi connectivity index (χ1) is 16.6. The molecule has 0 amide bonds. The Morgan fingerprint density at radius 2 is 2.03 bits per heavy atom. The number of alkyl halides is 4. The van der Waals surface area contributed by atoms with E-state index in [9.17, 15) is 26.0 Å². The van der Waals surface area contributed by atoms with Crippen molar-refractivity contribution >= 4 is 37.1 Å². The molecule has 5 rings (SSSR count). The summed E-state index contributed by atoms with van der Waals surface area (Å²) in [5, 5.41) is 9.90. The van der Waals surface area contributed by atoms with Crippen LogP contribution in [0.3, 0.4) is 0 Å². The van der Waals surface area contributed by atoms with Crippen molar-refractivity contribution in [3.05, 3.63) is 29.7 Å². The molecule has 1 aliphatic heterocycles. The lowest BCUT2D eigenvalue weighted by molar-refractivity contribution is -0.126. The van der Waals surface area contributed by atoms with Gasteiger partial charge in [0.15, 0.2) is 0 Å². The van der Waals surface area contributed by atoms with E-state index in [-0.39, 0.29) is 35.2 Å². The normalized spacial score (nSPS) is 21.5. The van der Waals surface area contributed by atoms with E-state index in [1.54, 1.807) is 18.2 Å². The largest absolute Gasteiger partial charge is 0.393 e. The fourth-order valence-corrected chi connectivity index (χ4v) is 6.64. The van der Waals surface area contributed by atoms with Crippen LogP contribution in [0.25, 0.3) is 20.8 Å². The van der Waals surface area contributed by atoms with E-state index in [0.29, 0.717) is 41.6 Å². The minimum absolute atomic E-state index is 0.00540. The summed E-state index contributed by atoms with van der Waals surface area (Å²) in [6.45, 7) is 0.601. The molecule has 190 valence electrons. The molecule has 2 aliphatic rings. The molecule has 0 unspecified atom stereocenters. The lowest BCUT2D eigenvalue weighted by Crippen LogP contribution is -2.45. The Labute approximate surface area is 202 Å². The Balaban J connectivity index is 1.48. The van der Waals surface area contributed by atoms with Gasteiger partial charge in [0.25, 0.3) is 0 Å². The number of hydrogen-bond acceptors (Lipinski definition) is 8. The Morgan fingerprint density at radius 1 is 1.23 bits per heavy atom. The predicted octanol–water partition coefficient (Wildman–Crippen LogP) is 3.75. The van der Waals surface area contributed by atoms with Crippen molar-refractivity contribution in [1.29, 1.82) is 0 Å². The van der Waals surface area contributed by atoms with Crippen molar-refractivity contribution in [3.63, 3.8) is 0 Å². The molecule has 0 spiro atoms. The number of sulfonamides is 1. The number of rotatable bonds is 8. The maximum Gasteiger partial charge on any atom is 0.393 e. The molecule has 3 N–H and O–H groups in total. The van der Waals surface area contributed by atoms with E-state index in [1.807, 2.05) is 0 Å². The smallest absolute Gasteiger partial charge is 0.378 e. The number of nitrogens with zero attached hydrogens (tertiary/aromatic N) is 2. The van der Waals surface area contributed by atoms with E-state index < -0.39 is 40.1 Å². The number of benzene rings is 1. The van der Waals surface area contributed by atoms with Gasteiger partial charge >= 0.3 is 6.18 Å². The zero-order valence-electron chi connectivity index (χ0n) is 18.4. The van der Waals surface area contributed by atoms with Crippen LogP contribution in [0.5, 0.6) is 0 Å². The van der Waals surface area contributed by atoms with Gasteiger partial charge in [-0.05, 0) is 42.8 Å². The number of halogens is 4. The SMILES string of the molecule is O=S(=O)(NCc1nc(-c2sc3c(N[C@@H]4CCNC[C@@H]4F)cccc3c2CC(F)(F)F)no1)C1CC1. The molecule has 2 atom stereocenters. The summed E-state index contributed by atoms with van der Waals surface area (Å²) >= 11 is 1.06. The first-order valence-electron chi connectivity index (χ1n) is 11.1. The van der Waals surface area contributed by atoms with Crippen molar-refractivity contribution < 1.29 is 30.5 Å². The molecular formula is C21H23F4N5O3S2. The van der Waals surface area contributed by atoms with Crippen LogP contribution in [-0.4, -0.2) is 55.3 Å². The van der Waals surface area contributed by atoms with Crippen molar-refractivity contribution in [2.24, 2.45) is 0 Å². The van der Waals surface area contributed by atoms with E-state index in [4.69, 9.17) is 4.52 Å². The predicted molar refractivity (Wildman–Crippen MR) is 123 cm³/mol. The molecule has 0 radical (unpaired) electrons. The third-order valence-corrected chi connectivity index (χ3v) is 9.18. The number of hydrogen-bond donors (Lipinski definition) is 3. The van der Waals surface area contributed by atoms with Gasteiger partial charge < -0.3 is 15.2 Å². The molecule has 0 bridgehead atoms. The highest BCUT2D eigenvalue weighted by Crippen LogP contribution is 2.43. The molecule has 3 aromatic rings. The van der Waals surface area contributed by atoms with Gasteiger partial charge in [0.2, 0.25) is 21.7 Å². The minimum atomic E-state index is -4.49. The summed E-state index contributed by atoms with van der Waals surface area (Å²) in [5.74, 6) is -0.102. The van der Waals surface area contributed by atoms with Crippen LogP contribution >= 0.6 is 11.3 Å². The van der Waals surface area contributed by atoms with Gasteiger partial charge in [-0.1, -0.05) is 17.3 Å². The number of anilines is 1. The van der Waals surface area contributed by atoms with E-state index in [0.717, 1.165) is 11.3 Å². The van der Waals surface area contributed by atoms with Gasteiger partial charge in [-0.2, -0.15) is 18.2 Å². The van der Waals surface area contributed by atoms with Crippen LogP contribution in [0.4, 0.5) is 23.2 Å². The van der Waals surface area contributed by atoms with Crippen LogP contribution in [0.1, 0.15) is 30.7 Å². The summed E-state index contributed by atoms with van der Waals surface area (Å²) < 4.78 is 87.0. The second-order valence-electron chi connectivity index (χ2n) is 8.72. The Kier molecular flexibility index (Phi) is 6.48. The fraction of sp³-hybridized carbons (Fsp3) is 0.524. The van der Waals surface area contributed by atoms with Crippen molar-refractivity contribution in [1.82, 2.24) is 20.2 Å². The molecule has 2 fully saturated rings. The summed E-state index contributed by atoms with van der Waals surface area (Å²) in [6, 6.07) is 4.46. The van der Waals surface area contributed by atoms with Gasteiger partial charge in [-0.3, -0.25) is 0 Å². The van der Waals surface area contributed by atoms with Gasteiger partial charge in [-0.15, -0.1) is 11.3 Å². The molecule has 3 heterocycles. The summed E-state index contributed by atoms with van der Waals surface area (Å²) in [6.07, 6.45) is -5.11. The van der Waals surface area contributed by atoms with Crippen molar-refractivity contribution in [2.45, 2.75) is 55.9 Å². The average molecular weight is 534 g/mol. The first-order valence-corrected chi connectivity index (χ1v) is 13.5. The van der Waals surface area contributed by atoms with Crippen LogP contribution in [0.2, 0.25) is 0 Å². The summed E-state index contributed by atoms with van der Waals surface area (Å²) in [4.78, 5) is 4.33. The summed E-state index contributed by atoms with van der Waals surface area (Å²) in [7, 11) is -3.48. The van der Waals surface area contributed by atoms with Crippen LogP contribution in [-0.2, 0) is 23.0 Å². The van der Waals surface area contributed by atoms with E-state index >= 15 is 0 Å². The standard InChI is InChI=1S/C21H23F4N5O3S2/c22-14-9-26-7-6-15(14)28-16-3-1-2-12-13(8-21(23,24)25)19(34-18(12)16)20-29-17(33-30-20)10-27-35(31,32)11-4-5-11/h1-3,11,14-15,26-28H,4-10H2/t14-,15+/m0/s1. The minimum Gasteiger partial charge on any atom is -0.378 e. The van der Waals surface area contributed by atoms with E-state index in [2.05, 4.69) is 25.5 Å². The van der Waals surface area contributed by atoms with Crippen molar-refractivity contribution in [3.8, 4) is 10.7 Å². The number of nitrogens with one attached hydrogen (secondary N) is 3. The van der Waals surface area contributed by atoms with Gasteiger partial charge in [-0.25, -0.2) is 17.5 Å². The van der Waals surface area contributed by atoms with E-state index in [1.165, 1.54) is 0 Å². The second kappa shape index (κ2) is 9.30. The zero-order chi connectivity index (χ0) is 24.8. The third-order valence-electron chi connectivity index (χ3n) is 6.00. The zero-order valence-corrected chi connectivity index (χ0v) is 20.0. The Bertz CT molecular complexity index is 1320. The van der Waals surface area contributed by atoms with Gasteiger partial charge in [0, 0.05) is 6.54 Å². The molecule has 1 saturated heterocycles. The molecule has 1 aliphatic carbocycles. The molecule has 35 heavy (non-hydrogen) atoms. The quantitative estimate of drug-likeness (QED) is 0.379. The van der Waals surface area contributed by atoms with Crippen LogP contribution in [0, 0.1) is 0 Å². The molecule has 1 aromatic carbocycles. The second-order valence-corrected chi connectivity index (χ2v) is 11.8. The molecular weight excluding hydrogens is 510 g/mol. The van der Waals surface area contributed by atoms with Crippen molar-refractivity contribution in [2.75, 3.05) is 18.4 Å². The fourth-order valence-electron chi connectivity index (χ4n) is 4.10. The lowest BCUT2D eigenvalue weighted by Gasteiger charge is -2.28. The number of fused-ring (bicyclic) bond motifs is 1.